The molecule has 1 unspecified atom stereocenters. The molecule has 0 spiro atoms. The van der Waals surface area contributed by atoms with Gasteiger partial charge in [-0.3, -0.25) is 9.59 Å². The molecule has 146 valence electrons. The van der Waals surface area contributed by atoms with Crippen LogP contribution in [0.2, 0.25) is 0 Å². The SMILES string of the molecule is NC(=O)/C=C(\O)c1ccc(NC(=O)C(Cc2ccccc2)c2ccccc2)cc1. The topological polar surface area (TPSA) is 92.4 Å². The van der Waals surface area contributed by atoms with Crippen LogP contribution in [0.5, 0.6) is 0 Å². The highest BCUT2D eigenvalue weighted by molar-refractivity contribution is 5.96. The lowest BCUT2D eigenvalue weighted by atomic mass is 9.91. The van der Waals surface area contributed by atoms with Crippen LogP contribution in [0, 0.1) is 0 Å². The van der Waals surface area contributed by atoms with E-state index in [-0.39, 0.29) is 17.6 Å². The van der Waals surface area contributed by atoms with Gasteiger partial charge in [0.1, 0.15) is 5.76 Å². The summed E-state index contributed by atoms with van der Waals surface area (Å²) < 4.78 is 0. The molecule has 29 heavy (non-hydrogen) atoms. The molecular weight excluding hydrogens is 364 g/mol. The second kappa shape index (κ2) is 9.37. The van der Waals surface area contributed by atoms with Crippen LogP contribution in [0.3, 0.4) is 0 Å². The summed E-state index contributed by atoms with van der Waals surface area (Å²) in [5.41, 5.74) is 8.09. The molecule has 0 aliphatic rings. The van der Waals surface area contributed by atoms with Gasteiger partial charge in [-0.15, -0.1) is 0 Å². The molecule has 5 nitrogen and oxygen atoms in total. The monoisotopic (exact) mass is 386 g/mol. The first-order valence-electron chi connectivity index (χ1n) is 9.23. The Balaban J connectivity index is 1.78. The van der Waals surface area contributed by atoms with Crippen LogP contribution in [0.15, 0.2) is 91.0 Å². The van der Waals surface area contributed by atoms with E-state index in [1.807, 2.05) is 60.7 Å². The van der Waals surface area contributed by atoms with Crippen LogP contribution in [-0.4, -0.2) is 16.9 Å². The van der Waals surface area contributed by atoms with Crippen LogP contribution in [0.4, 0.5) is 5.69 Å². The maximum Gasteiger partial charge on any atom is 0.245 e. The number of benzene rings is 3. The average Bonchev–Trinajstić information content (AvgIpc) is 2.73. The molecule has 0 aliphatic heterocycles. The highest BCUT2D eigenvalue weighted by Gasteiger charge is 2.21. The van der Waals surface area contributed by atoms with Crippen molar-refractivity contribution >= 4 is 23.3 Å². The van der Waals surface area contributed by atoms with Crippen molar-refractivity contribution in [3.05, 3.63) is 108 Å². The van der Waals surface area contributed by atoms with Crippen molar-refractivity contribution < 1.29 is 14.7 Å². The van der Waals surface area contributed by atoms with Crippen LogP contribution in [-0.2, 0) is 16.0 Å². The van der Waals surface area contributed by atoms with Gasteiger partial charge < -0.3 is 16.2 Å². The highest BCUT2D eigenvalue weighted by atomic mass is 16.3. The molecule has 4 N–H and O–H groups in total. The number of nitrogens with one attached hydrogen (secondary N) is 1. The number of carbonyl (C=O) groups is 2. The van der Waals surface area contributed by atoms with Gasteiger partial charge in [0.15, 0.2) is 0 Å². The van der Waals surface area contributed by atoms with E-state index in [4.69, 9.17) is 5.73 Å². The molecular formula is C24H22N2O3. The fraction of sp³-hybridized carbons (Fsp3) is 0.0833. The molecule has 2 amide bonds. The number of amides is 2. The minimum Gasteiger partial charge on any atom is -0.507 e. The Morgan fingerprint density at radius 2 is 1.48 bits per heavy atom. The Kier molecular flexibility index (Phi) is 6.43. The van der Waals surface area contributed by atoms with Gasteiger partial charge in [0.2, 0.25) is 11.8 Å². The van der Waals surface area contributed by atoms with Crippen LogP contribution in [0.25, 0.3) is 5.76 Å². The summed E-state index contributed by atoms with van der Waals surface area (Å²) in [6.07, 6.45) is 1.52. The Morgan fingerprint density at radius 1 is 0.897 bits per heavy atom. The van der Waals surface area contributed by atoms with Crippen molar-refractivity contribution in [2.45, 2.75) is 12.3 Å². The second-order valence-electron chi connectivity index (χ2n) is 6.65. The summed E-state index contributed by atoms with van der Waals surface area (Å²) >= 11 is 0. The van der Waals surface area contributed by atoms with Gasteiger partial charge in [-0.05, 0) is 41.8 Å². The average molecular weight is 386 g/mol. The molecule has 0 bridgehead atoms. The van der Waals surface area contributed by atoms with Crippen LogP contribution >= 0.6 is 0 Å². The largest absolute Gasteiger partial charge is 0.507 e. The predicted octanol–water partition coefficient (Wildman–Crippen LogP) is 4.04. The number of aliphatic hydroxyl groups excluding tert-OH is 1. The maximum atomic E-state index is 13.0. The van der Waals surface area contributed by atoms with Gasteiger partial charge >= 0.3 is 0 Å². The molecule has 3 aromatic carbocycles. The van der Waals surface area contributed by atoms with Gasteiger partial charge in [-0.25, -0.2) is 0 Å². The summed E-state index contributed by atoms with van der Waals surface area (Å²) in [4.78, 5) is 23.9. The van der Waals surface area contributed by atoms with Crippen molar-refractivity contribution in [1.29, 1.82) is 0 Å². The zero-order chi connectivity index (χ0) is 20.6. The van der Waals surface area contributed by atoms with Crippen molar-refractivity contribution in [3.8, 4) is 0 Å². The Morgan fingerprint density at radius 3 is 2.07 bits per heavy atom. The zero-order valence-electron chi connectivity index (χ0n) is 15.8. The van der Waals surface area contributed by atoms with E-state index in [2.05, 4.69) is 5.32 Å². The molecule has 0 aliphatic carbocycles. The smallest absolute Gasteiger partial charge is 0.245 e. The Bertz CT molecular complexity index is 997. The molecule has 5 heteroatoms. The zero-order valence-corrected chi connectivity index (χ0v) is 15.8. The molecule has 0 aromatic heterocycles. The number of anilines is 1. The van der Waals surface area contributed by atoms with Crippen molar-refractivity contribution in [2.24, 2.45) is 5.73 Å². The quantitative estimate of drug-likeness (QED) is 0.423. The number of hydrogen-bond donors (Lipinski definition) is 3. The lowest BCUT2D eigenvalue weighted by molar-refractivity contribution is -0.117. The molecule has 3 aromatic rings. The fourth-order valence-electron chi connectivity index (χ4n) is 3.07. The summed E-state index contributed by atoms with van der Waals surface area (Å²) in [5, 5.41) is 12.8. The second-order valence-corrected chi connectivity index (χ2v) is 6.65. The lowest BCUT2D eigenvalue weighted by Gasteiger charge is -2.18. The van der Waals surface area contributed by atoms with E-state index < -0.39 is 5.91 Å². The minimum atomic E-state index is -0.730. The van der Waals surface area contributed by atoms with Crippen LogP contribution in [0.1, 0.15) is 22.6 Å². The van der Waals surface area contributed by atoms with Gasteiger partial charge in [0.05, 0.1) is 5.92 Å². The van der Waals surface area contributed by atoms with E-state index in [9.17, 15) is 14.7 Å². The molecule has 3 rings (SSSR count). The first-order chi connectivity index (χ1) is 14.0. The van der Waals surface area contributed by atoms with Gasteiger partial charge in [0.25, 0.3) is 0 Å². The van der Waals surface area contributed by atoms with E-state index >= 15 is 0 Å². The molecule has 0 saturated heterocycles. The first-order valence-corrected chi connectivity index (χ1v) is 9.23. The van der Waals surface area contributed by atoms with Crippen molar-refractivity contribution in [2.75, 3.05) is 5.32 Å². The molecule has 0 radical (unpaired) electrons. The standard InChI is InChI=1S/C24H22N2O3/c25-23(28)16-22(27)19-11-13-20(14-12-19)26-24(29)21(18-9-5-2-6-10-18)15-17-7-3-1-4-8-17/h1-14,16,21,27H,15H2,(H2,25,28)(H,26,29)/b22-16-. The summed E-state index contributed by atoms with van der Waals surface area (Å²) in [5.74, 6) is -1.42. The molecule has 1 atom stereocenters. The molecule has 0 heterocycles. The third kappa shape index (κ3) is 5.56. The Labute approximate surface area is 169 Å². The third-order valence-corrected chi connectivity index (χ3v) is 4.53. The molecule has 0 fully saturated rings. The van der Waals surface area contributed by atoms with E-state index in [1.165, 1.54) is 0 Å². The third-order valence-electron chi connectivity index (χ3n) is 4.53. The van der Waals surface area contributed by atoms with Crippen molar-refractivity contribution in [3.63, 3.8) is 0 Å². The van der Waals surface area contributed by atoms with Gasteiger partial charge in [-0.2, -0.15) is 0 Å². The summed E-state index contributed by atoms with van der Waals surface area (Å²) in [6, 6.07) is 26.1. The number of nitrogens with two attached hydrogens (primary N) is 1. The van der Waals surface area contributed by atoms with E-state index in [1.54, 1.807) is 24.3 Å². The summed E-state index contributed by atoms with van der Waals surface area (Å²) in [6.45, 7) is 0. The minimum absolute atomic E-state index is 0.121. The number of hydrogen-bond acceptors (Lipinski definition) is 3. The normalized spacial score (nSPS) is 12.2. The first kappa shape index (κ1) is 19.9. The number of primary amides is 1. The fourth-order valence-corrected chi connectivity index (χ4v) is 3.07. The van der Waals surface area contributed by atoms with Gasteiger partial charge in [0, 0.05) is 17.3 Å². The Hall–Kier alpha value is -3.86. The maximum absolute atomic E-state index is 13.0. The number of rotatable bonds is 7. The summed E-state index contributed by atoms with van der Waals surface area (Å²) in [7, 11) is 0. The van der Waals surface area contributed by atoms with Crippen molar-refractivity contribution in [1.82, 2.24) is 0 Å². The lowest BCUT2D eigenvalue weighted by Crippen LogP contribution is -2.23. The van der Waals surface area contributed by atoms with Gasteiger partial charge in [-0.1, -0.05) is 60.7 Å². The number of carbonyl (C=O) groups excluding carboxylic acids is 2. The molecule has 0 saturated carbocycles. The number of aliphatic hydroxyl groups is 1. The highest BCUT2D eigenvalue weighted by Crippen LogP contribution is 2.24. The van der Waals surface area contributed by atoms with Crippen LogP contribution < -0.4 is 11.1 Å². The van der Waals surface area contributed by atoms with E-state index in [0.717, 1.165) is 17.2 Å². The van der Waals surface area contributed by atoms with E-state index in [0.29, 0.717) is 17.7 Å². The predicted molar refractivity (Wildman–Crippen MR) is 114 cm³/mol.